The summed E-state index contributed by atoms with van der Waals surface area (Å²) >= 11 is 1.66. The lowest BCUT2D eigenvalue weighted by Crippen LogP contribution is -2.11. The van der Waals surface area contributed by atoms with E-state index in [4.69, 9.17) is 0 Å². The number of para-hydroxylation sites is 1. The van der Waals surface area contributed by atoms with Crippen molar-refractivity contribution in [2.75, 3.05) is 5.32 Å². The molecule has 0 saturated heterocycles. The Balaban J connectivity index is 2.27. The smallest absolute Gasteiger partial charge is 0.337 e. The molecule has 0 spiro atoms. The first-order valence-electron chi connectivity index (χ1n) is 6.57. The Morgan fingerprint density at radius 2 is 2.25 bits per heavy atom. The van der Waals surface area contributed by atoms with E-state index in [2.05, 4.69) is 17.2 Å². The molecule has 2 rings (SSSR count). The third-order valence-corrected chi connectivity index (χ3v) is 4.48. The molecule has 20 heavy (non-hydrogen) atoms. The molecule has 0 bridgehead atoms. The van der Waals surface area contributed by atoms with E-state index in [1.807, 2.05) is 26.1 Å². The molecule has 4 nitrogen and oxygen atoms in total. The Morgan fingerprint density at radius 3 is 2.85 bits per heavy atom. The number of aryl methyl sites for hydroxylation is 2. The molecule has 0 radical (unpaired) electrons. The highest BCUT2D eigenvalue weighted by Crippen LogP contribution is 2.28. The van der Waals surface area contributed by atoms with E-state index in [0.29, 0.717) is 11.3 Å². The summed E-state index contributed by atoms with van der Waals surface area (Å²) in [5.74, 6) is -0.920. The first-order chi connectivity index (χ1) is 9.52. The van der Waals surface area contributed by atoms with Crippen molar-refractivity contribution in [3.05, 3.63) is 45.4 Å². The molecule has 0 saturated carbocycles. The first kappa shape index (κ1) is 14.5. The molecule has 1 atom stereocenters. The van der Waals surface area contributed by atoms with Crippen molar-refractivity contribution in [2.24, 2.45) is 0 Å². The lowest BCUT2D eigenvalue weighted by atomic mass is 10.1. The Kier molecular flexibility index (Phi) is 4.39. The third kappa shape index (κ3) is 2.99. The summed E-state index contributed by atoms with van der Waals surface area (Å²) in [5, 5.41) is 13.5. The number of benzene rings is 1. The predicted molar refractivity (Wildman–Crippen MR) is 81.7 cm³/mol. The standard InChI is InChI=1S/C15H18N2O2S/c1-4-11-8-16-14(20-11)10(3)17-13-9(2)6-5-7-12(13)15(18)19/h5-8,10,17H,4H2,1-3H3,(H,18,19). The molecule has 1 heterocycles. The third-order valence-electron chi connectivity index (χ3n) is 3.15. The molecular formula is C15H18N2O2S. The summed E-state index contributed by atoms with van der Waals surface area (Å²) in [6.07, 6.45) is 2.85. The van der Waals surface area contributed by atoms with Crippen LogP contribution < -0.4 is 5.32 Å². The second-order valence-electron chi connectivity index (χ2n) is 4.69. The topological polar surface area (TPSA) is 62.2 Å². The fourth-order valence-electron chi connectivity index (χ4n) is 2.00. The highest BCUT2D eigenvalue weighted by molar-refractivity contribution is 7.11. The number of hydrogen-bond donors (Lipinski definition) is 2. The van der Waals surface area contributed by atoms with E-state index in [-0.39, 0.29) is 6.04 Å². The minimum Gasteiger partial charge on any atom is -0.478 e. The van der Waals surface area contributed by atoms with Gasteiger partial charge in [0.2, 0.25) is 0 Å². The summed E-state index contributed by atoms with van der Waals surface area (Å²) in [6.45, 7) is 6.00. The van der Waals surface area contributed by atoms with Crippen LogP contribution in [0.2, 0.25) is 0 Å². The minimum absolute atomic E-state index is 0.0144. The van der Waals surface area contributed by atoms with Gasteiger partial charge in [0.1, 0.15) is 5.01 Å². The van der Waals surface area contributed by atoms with Crippen molar-refractivity contribution in [1.29, 1.82) is 0 Å². The number of thiazole rings is 1. The number of nitrogens with one attached hydrogen (secondary N) is 1. The number of anilines is 1. The van der Waals surface area contributed by atoms with Gasteiger partial charge in [-0.1, -0.05) is 19.1 Å². The van der Waals surface area contributed by atoms with Gasteiger partial charge in [0.05, 0.1) is 17.3 Å². The van der Waals surface area contributed by atoms with Crippen LogP contribution in [0.15, 0.2) is 24.4 Å². The number of carboxylic acid groups (broad SMARTS) is 1. The molecule has 1 aromatic carbocycles. The predicted octanol–water partition coefficient (Wildman–Crippen LogP) is 3.89. The summed E-state index contributed by atoms with van der Waals surface area (Å²) in [5.41, 5.74) is 1.88. The van der Waals surface area contributed by atoms with Crippen LogP contribution in [0.3, 0.4) is 0 Å². The van der Waals surface area contributed by atoms with Gasteiger partial charge in [-0.3, -0.25) is 0 Å². The Bertz CT molecular complexity index is 622. The van der Waals surface area contributed by atoms with Gasteiger partial charge in [0.25, 0.3) is 0 Å². The van der Waals surface area contributed by atoms with Crippen molar-refractivity contribution >= 4 is 23.0 Å². The van der Waals surface area contributed by atoms with E-state index in [1.165, 1.54) is 4.88 Å². The van der Waals surface area contributed by atoms with Crippen LogP contribution in [0.5, 0.6) is 0 Å². The number of carbonyl (C=O) groups is 1. The Labute approximate surface area is 122 Å². The number of carboxylic acids is 1. The van der Waals surface area contributed by atoms with Gasteiger partial charge in [0.15, 0.2) is 0 Å². The highest BCUT2D eigenvalue weighted by atomic mass is 32.1. The van der Waals surface area contributed by atoms with E-state index in [9.17, 15) is 9.90 Å². The average molecular weight is 290 g/mol. The van der Waals surface area contributed by atoms with Crippen LogP contribution in [0.25, 0.3) is 0 Å². The van der Waals surface area contributed by atoms with Crippen LogP contribution in [-0.4, -0.2) is 16.1 Å². The molecule has 0 fully saturated rings. The van der Waals surface area contributed by atoms with E-state index < -0.39 is 5.97 Å². The number of rotatable bonds is 5. The van der Waals surface area contributed by atoms with Crippen molar-refractivity contribution in [3.8, 4) is 0 Å². The molecule has 0 amide bonds. The van der Waals surface area contributed by atoms with Crippen LogP contribution in [0, 0.1) is 6.92 Å². The summed E-state index contributed by atoms with van der Waals surface area (Å²) in [4.78, 5) is 16.9. The lowest BCUT2D eigenvalue weighted by Gasteiger charge is -2.17. The van der Waals surface area contributed by atoms with E-state index in [0.717, 1.165) is 17.0 Å². The monoisotopic (exact) mass is 290 g/mol. The fourth-order valence-corrected chi connectivity index (χ4v) is 2.86. The molecule has 2 aromatic rings. The number of hydrogen-bond acceptors (Lipinski definition) is 4. The molecule has 106 valence electrons. The SMILES string of the molecule is CCc1cnc(C(C)Nc2c(C)cccc2C(=O)O)s1. The van der Waals surface area contributed by atoms with Crippen molar-refractivity contribution in [2.45, 2.75) is 33.2 Å². The number of aromatic nitrogens is 1. The van der Waals surface area contributed by atoms with Crippen LogP contribution >= 0.6 is 11.3 Å². The second kappa shape index (κ2) is 6.05. The van der Waals surface area contributed by atoms with Gasteiger partial charge >= 0.3 is 5.97 Å². The largest absolute Gasteiger partial charge is 0.478 e. The molecule has 0 aliphatic rings. The number of nitrogens with zero attached hydrogens (tertiary/aromatic N) is 1. The normalized spacial score (nSPS) is 12.2. The van der Waals surface area contributed by atoms with Gasteiger partial charge in [0, 0.05) is 11.1 Å². The molecule has 1 aromatic heterocycles. The molecule has 1 unspecified atom stereocenters. The van der Waals surface area contributed by atoms with Gasteiger partial charge < -0.3 is 10.4 Å². The van der Waals surface area contributed by atoms with Crippen molar-refractivity contribution in [1.82, 2.24) is 4.98 Å². The second-order valence-corrected chi connectivity index (χ2v) is 5.83. The zero-order valence-electron chi connectivity index (χ0n) is 11.8. The molecule has 5 heteroatoms. The van der Waals surface area contributed by atoms with Gasteiger partial charge in [-0.25, -0.2) is 9.78 Å². The number of aromatic carboxylic acids is 1. The maximum absolute atomic E-state index is 11.3. The van der Waals surface area contributed by atoms with Crippen LogP contribution in [-0.2, 0) is 6.42 Å². The molecular weight excluding hydrogens is 272 g/mol. The summed E-state index contributed by atoms with van der Waals surface area (Å²) < 4.78 is 0. The first-order valence-corrected chi connectivity index (χ1v) is 7.38. The highest BCUT2D eigenvalue weighted by Gasteiger charge is 2.16. The van der Waals surface area contributed by atoms with Crippen LogP contribution in [0.4, 0.5) is 5.69 Å². The van der Waals surface area contributed by atoms with E-state index in [1.54, 1.807) is 23.5 Å². The maximum atomic E-state index is 11.3. The van der Waals surface area contributed by atoms with Gasteiger partial charge in [-0.05, 0) is 31.9 Å². The van der Waals surface area contributed by atoms with Gasteiger partial charge in [-0.15, -0.1) is 11.3 Å². The fraction of sp³-hybridized carbons (Fsp3) is 0.333. The van der Waals surface area contributed by atoms with Gasteiger partial charge in [-0.2, -0.15) is 0 Å². The zero-order valence-corrected chi connectivity index (χ0v) is 12.6. The molecule has 0 aliphatic carbocycles. The quantitative estimate of drug-likeness (QED) is 0.877. The zero-order chi connectivity index (χ0) is 14.7. The van der Waals surface area contributed by atoms with Crippen molar-refractivity contribution in [3.63, 3.8) is 0 Å². The van der Waals surface area contributed by atoms with Crippen molar-refractivity contribution < 1.29 is 9.90 Å². The summed E-state index contributed by atoms with van der Waals surface area (Å²) in [6, 6.07) is 5.26. The average Bonchev–Trinajstić information content (AvgIpc) is 2.89. The molecule has 2 N–H and O–H groups in total. The Hall–Kier alpha value is -1.88. The lowest BCUT2D eigenvalue weighted by molar-refractivity contribution is 0.0698. The van der Waals surface area contributed by atoms with Crippen LogP contribution in [0.1, 0.15) is 45.7 Å². The molecule has 0 aliphatic heterocycles. The maximum Gasteiger partial charge on any atom is 0.337 e. The summed E-state index contributed by atoms with van der Waals surface area (Å²) in [7, 11) is 0. The Morgan fingerprint density at radius 1 is 1.50 bits per heavy atom. The van der Waals surface area contributed by atoms with E-state index >= 15 is 0 Å². The minimum atomic E-state index is -0.920.